The summed E-state index contributed by atoms with van der Waals surface area (Å²) >= 11 is 0. The van der Waals surface area contributed by atoms with E-state index in [-0.39, 0.29) is 24.6 Å². The highest BCUT2D eigenvalue weighted by molar-refractivity contribution is 7.90. The summed E-state index contributed by atoms with van der Waals surface area (Å²) in [6.45, 7) is 0. The van der Waals surface area contributed by atoms with Crippen LogP contribution in [0, 0.1) is 0 Å². The molecule has 9 heteroatoms. The van der Waals surface area contributed by atoms with Crippen molar-refractivity contribution in [3.63, 3.8) is 0 Å². The molecular formula is C18H23ClN2O5S. The maximum absolute atomic E-state index is 12.0. The molecule has 0 aliphatic rings. The van der Waals surface area contributed by atoms with Gasteiger partial charge in [0.1, 0.15) is 27.1 Å². The highest BCUT2D eigenvalue weighted by Gasteiger charge is 2.16. The Morgan fingerprint density at radius 2 is 1.74 bits per heavy atom. The largest absolute Gasteiger partial charge is 0.497 e. The number of nitrogens with one attached hydrogen (secondary N) is 1. The average Bonchev–Trinajstić information content (AvgIpc) is 2.60. The van der Waals surface area contributed by atoms with E-state index in [0.29, 0.717) is 22.9 Å². The first-order chi connectivity index (χ1) is 12.3. The summed E-state index contributed by atoms with van der Waals surface area (Å²) < 4.78 is 33.1. The van der Waals surface area contributed by atoms with Crippen LogP contribution in [0.25, 0.3) is 0 Å². The fourth-order valence-electron chi connectivity index (χ4n) is 2.11. The molecule has 148 valence electrons. The van der Waals surface area contributed by atoms with Gasteiger partial charge < -0.3 is 20.5 Å². The van der Waals surface area contributed by atoms with Crippen molar-refractivity contribution in [3.05, 3.63) is 48.5 Å². The molecule has 0 aliphatic carbocycles. The summed E-state index contributed by atoms with van der Waals surface area (Å²) in [6, 6.07) is 13.1. The molecule has 2 rings (SSSR count). The Labute approximate surface area is 165 Å². The van der Waals surface area contributed by atoms with Crippen LogP contribution >= 0.6 is 12.4 Å². The first kappa shape index (κ1) is 22.8. The molecule has 27 heavy (non-hydrogen) atoms. The van der Waals surface area contributed by atoms with Crippen molar-refractivity contribution < 1.29 is 22.7 Å². The highest BCUT2D eigenvalue weighted by atomic mass is 35.5. The van der Waals surface area contributed by atoms with Gasteiger partial charge in [-0.05, 0) is 42.8 Å². The fraction of sp³-hybridized carbons (Fsp3) is 0.278. The Hall–Kier alpha value is -2.29. The topological polar surface area (TPSA) is 108 Å². The van der Waals surface area contributed by atoms with Crippen molar-refractivity contribution in [2.45, 2.75) is 12.5 Å². The zero-order valence-electron chi connectivity index (χ0n) is 15.0. The lowest BCUT2D eigenvalue weighted by Gasteiger charge is -2.12. The number of amides is 1. The van der Waals surface area contributed by atoms with Gasteiger partial charge in [-0.25, -0.2) is 8.42 Å². The van der Waals surface area contributed by atoms with Crippen molar-refractivity contribution in [1.29, 1.82) is 0 Å². The second-order valence-electron chi connectivity index (χ2n) is 5.82. The molecule has 0 aromatic heterocycles. The van der Waals surface area contributed by atoms with Gasteiger partial charge in [0.05, 0.1) is 18.9 Å². The van der Waals surface area contributed by atoms with Crippen LogP contribution in [-0.2, 0) is 14.6 Å². The Bertz CT molecular complexity index is 856. The third-order valence-electron chi connectivity index (χ3n) is 3.54. The molecule has 2 aromatic carbocycles. The van der Waals surface area contributed by atoms with Crippen LogP contribution in [0.1, 0.15) is 6.42 Å². The maximum Gasteiger partial charge on any atom is 0.241 e. The molecule has 0 aliphatic heterocycles. The summed E-state index contributed by atoms with van der Waals surface area (Å²) in [5, 5.41) is 2.65. The normalized spacial score (nSPS) is 11.8. The van der Waals surface area contributed by atoms with Crippen molar-refractivity contribution in [2.24, 2.45) is 5.73 Å². The van der Waals surface area contributed by atoms with Crippen LogP contribution in [0.4, 0.5) is 5.69 Å². The first-order valence-corrected chi connectivity index (χ1v) is 9.99. The summed E-state index contributed by atoms with van der Waals surface area (Å²) in [6.07, 6.45) is 1.18. The number of carbonyl (C=O) groups excluding carboxylic acids is 1. The van der Waals surface area contributed by atoms with Gasteiger partial charge in [-0.2, -0.15) is 0 Å². The number of carbonyl (C=O) groups is 1. The smallest absolute Gasteiger partial charge is 0.241 e. The van der Waals surface area contributed by atoms with Gasteiger partial charge >= 0.3 is 0 Å². The lowest BCUT2D eigenvalue weighted by Crippen LogP contribution is -2.37. The molecule has 2 aromatic rings. The second kappa shape index (κ2) is 10.1. The number of methoxy groups -OCH3 is 1. The summed E-state index contributed by atoms with van der Waals surface area (Å²) in [7, 11) is -1.57. The minimum absolute atomic E-state index is 0. The first-order valence-electron chi connectivity index (χ1n) is 7.93. The van der Waals surface area contributed by atoms with Gasteiger partial charge in [-0.15, -0.1) is 12.4 Å². The van der Waals surface area contributed by atoms with Crippen LogP contribution in [0.15, 0.2) is 48.5 Å². The SMILES string of the molecule is COc1cccc(Oc2ccc(NC(=O)C(N)CCS(C)(=O)=O)cc2)c1.Cl. The molecule has 0 saturated carbocycles. The maximum atomic E-state index is 12.0. The Morgan fingerprint density at radius 1 is 1.11 bits per heavy atom. The van der Waals surface area contributed by atoms with Crippen LogP contribution in [0.5, 0.6) is 17.2 Å². The van der Waals surface area contributed by atoms with E-state index in [1.165, 1.54) is 0 Å². The van der Waals surface area contributed by atoms with E-state index in [1.807, 2.05) is 12.1 Å². The molecular weight excluding hydrogens is 392 g/mol. The molecule has 0 saturated heterocycles. The van der Waals surface area contributed by atoms with Gasteiger partial charge in [0.25, 0.3) is 0 Å². The van der Waals surface area contributed by atoms with Crippen LogP contribution in [-0.4, -0.2) is 39.5 Å². The number of rotatable bonds is 8. The number of nitrogens with two attached hydrogens (primary N) is 1. The number of anilines is 1. The summed E-state index contributed by atoms with van der Waals surface area (Å²) in [4.78, 5) is 12.0. The lowest BCUT2D eigenvalue weighted by atomic mass is 10.2. The Balaban J connectivity index is 0.00000364. The van der Waals surface area contributed by atoms with Gasteiger partial charge in [-0.3, -0.25) is 4.79 Å². The van der Waals surface area contributed by atoms with Crippen LogP contribution in [0.3, 0.4) is 0 Å². The van der Waals surface area contributed by atoms with E-state index < -0.39 is 21.8 Å². The van der Waals surface area contributed by atoms with Crippen molar-refractivity contribution in [1.82, 2.24) is 0 Å². The number of hydrogen-bond acceptors (Lipinski definition) is 6. The third-order valence-corrected chi connectivity index (χ3v) is 4.51. The molecule has 1 atom stereocenters. The molecule has 7 nitrogen and oxygen atoms in total. The molecule has 0 radical (unpaired) electrons. The van der Waals surface area contributed by atoms with Crippen LogP contribution in [0.2, 0.25) is 0 Å². The quantitative estimate of drug-likeness (QED) is 0.687. The third kappa shape index (κ3) is 7.86. The molecule has 1 unspecified atom stereocenters. The summed E-state index contributed by atoms with van der Waals surface area (Å²) in [5.41, 5.74) is 6.26. The number of sulfone groups is 1. The van der Waals surface area contributed by atoms with E-state index in [0.717, 1.165) is 6.26 Å². The predicted octanol–water partition coefficient (Wildman–Crippen LogP) is 2.61. The minimum Gasteiger partial charge on any atom is -0.497 e. The average molecular weight is 415 g/mol. The molecule has 0 heterocycles. The van der Waals surface area contributed by atoms with Crippen molar-refractivity contribution in [3.8, 4) is 17.2 Å². The Morgan fingerprint density at radius 3 is 2.33 bits per heavy atom. The minimum atomic E-state index is -3.15. The van der Waals surface area contributed by atoms with Crippen molar-refractivity contribution >= 4 is 33.8 Å². The fourth-order valence-corrected chi connectivity index (χ4v) is 2.80. The molecule has 0 fully saturated rings. The van der Waals surface area contributed by atoms with E-state index in [4.69, 9.17) is 15.2 Å². The van der Waals surface area contributed by atoms with Crippen LogP contribution < -0.4 is 20.5 Å². The number of ether oxygens (including phenoxy) is 2. The van der Waals surface area contributed by atoms with Gasteiger partial charge in [0, 0.05) is 18.0 Å². The van der Waals surface area contributed by atoms with E-state index in [9.17, 15) is 13.2 Å². The summed E-state index contributed by atoms with van der Waals surface area (Å²) in [5.74, 6) is 1.35. The van der Waals surface area contributed by atoms with E-state index in [1.54, 1.807) is 43.5 Å². The lowest BCUT2D eigenvalue weighted by molar-refractivity contribution is -0.117. The number of hydrogen-bond donors (Lipinski definition) is 2. The zero-order chi connectivity index (χ0) is 19.2. The Kier molecular flexibility index (Phi) is 8.55. The predicted molar refractivity (Wildman–Crippen MR) is 108 cm³/mol. The second-order valence-corrected chi connectivity index (χ2v) is 8.08. The molecule has 1 amide bonds. The van der Waals surface area contributed by atoms with E-state index in [2.05, 4.69) is 5.32 Å². The monoisotopic (exact) mass is 414 g/mol. The zero-order valence-corrected chi connectivity index (χ0v) is 16.7. The standard InChI is InChI=1S/C18H22N2O5S.ClH/c1-24-15-4-3-5-16(12-15)25-14-8-6-13(7-9-14)20-18(21)17(19)10-11-26(2,22)23;/h3-9,12,17H,10-11,19H2,1-2H3,(H,20,21);1H. The van der Waals surface area contributed by atoms with Crippen molar-refractivity contribution in [2.75, 3.05) is 24.4 Å². The molecule has 3 N–H and O–H groups in total. The number of halogens is 1. The van der Waals surface area contributed by atoms with Gasteiger partial charge in [-0.1, -0.05) is 6.07 Å². The van der Waals surface area contributed by atoms with Gasteiger partial charge in [0.15, 0.2) is 0 Å². The van der Waals surface area contributed by atoms with E-state index >= 15 is 0 Å². The van der Waals surface area contributed by atoms with Gasteiger partial charge in [0.2, 0.25) is 5.91 Å². The number of benzene rings is 2. The molecule has 0 spiro atoms. The molecule has 0 bridgehead atoms. The highest BCUT2D eigenvalue weighted by Crippen LogP contribution is 2.26.